The van der Waals surface area contributed by atoms with Crippen LogP contribution < -0.4 is 14.8 Å². The highest BCUT2D eigenvalue weighted by molar-refractivity contribution is 6.93. The van der Waals surface area contributed by atoms with Crippen molar-refractivity contribution in [2.75, 3.05) is 21.3 Å². The molecule has 0 radical (unpaired) electrons. The van der Waals surface area contributed by atoms with Gasteiger partial charge in [0.15, 0.2) is 0 Å². The number of rotatable bonds is 9. The molecule has 0 N–H and O–H groups in total. The molecule has 168 valence electrons. The minimum Gasteiger partial charge on any atom is -0.514 e. The molecule has 0 bridgehead atoms. The highest BCUT2D eigenvalue weighted by Gasteiger charge is 2.47. The second-order valence-corrected chi connectivity index (χ2v) is 13.8. The van der Waals surface area contributed by atoms with Crippen LogP contribution in [0.5, 0.6) is 5.75 Å². The van der Waals surface area contributed by atoms with Crippen LogP contribution in [-0.4, -0.2) is 38.7 Å². The van der Waals surface area contributed by atoms with Crippen LogP contribution in [0.1, 0.15) is 17.5 Å². The molecule has 0 amide bonds. The summed E-state index contributed by atoms with van der Waals surface area (Å²) < 4.78 is 29.9. The zero-order valence-corrected chi connectivity index (χ0v) is 20.9. The predicted molar refractivity (Wildman–Crippen MR) is 130 cm³/mol. The molecule has 0 aliphatic carbocycles. The molecule has 0 fully saturated rings. The molecular weight excluding hydrogens is 436 g/mol. The van der Waals surface area contributed by atoms with E-state index in [1.807, 2.05) is 36.4 Å². The maximum Gasteiger partial charge on any atom is 0.500 e. The zero-order chi connectivity index (χ0) is 22.4. The Labute approximate surface area is 192 Å². The Hall–Kier alpha value is -2.27. The Kier molecular flexibility index (Phi) is 7.25. The van der Waals surface area contributed by atoms with Gasteiger partial charge in [0.05, 0.1) is 6.61 Å². The molecule has 1 heterocycles. The van der Waals surface area contributed by atoms with Gasteiger partial charge in [-0.25, -0.2) is 0 Å². The van der Waals surface area contributed by atoms with Gasteiger partial charge in [0, 0.05) is 43.3 Å². The summed E-state index contributed by atoms with van der Waals surface area (Å²) in [6.45, 7) is 0.534. The van der Waals surface area contributed by atoms with E-state index in [0.29, 0.717) is 6.61 Å². The molecule has 7 heteroatoms. The average molecular weight is 467 g/mol. The maximum atomic E-state index is 6.72. The van der Waals surface area contributed by atoms with Crippen LogP contribution in [-0.2, 0) is 30.7 Å². The van der Waals surface area contributed by atoms with Gasteiger partial charge in [-0.15, -0.1) is 0 Å². The van der Waals surface area contributed by atoms with Gasteiger partial charge < -0.3 is 22.1 Å². The summed E-state index contributed by atoms with van der Waals surface area (Å²) in [6.07, 6.45) is 1.84. The molecule has 3 aromatic rings. The van der Waals surface area contributed by atoms with Gasteiger partial charge >= 0.3 is 17.4 Å². The highest BCUT2D eigenvalue weighted by Crippen LogP contribution is 2.31. The van der Waals surface area contributed by atoms with Gasteiger partial charge in [-0.1, -0.05) is 66.7 Å². The van der Waals surface area contributed by atoms with E-state index in [0.717, 1.165) is 40.6 Å². The van der Waals surface area contributed by atoms with Crippen LogP contribution in [0.2, 0.25) is 6.04 Å². The summed E-state index contributed by atoms with van der Waals surface area (Å²) >= 11 is 0. The van der Waals surface area contributed by atoms with E-state index in [1.165, 1.54) is 5.56 Å². The fourth-order valence-corrected chi connectivity index (χ4v) is 9.01. The Morgan fingerprint density at radius 3 is 1.97 bits per heavy atom. The maximum absolute atomic E-state index is 6.72. The minimum absolute atomic E-state index is 0.534. The first-order valence-corrected chi connectivity index (χ1v) is 14.6. The first kappa shape index (κ1) is 22.9. The predicted octanol–water partition coefficient (Wildman–Crippen LogP) is 3.66. The van der Waals surface area contributed by atoms with E-state index in [9.17, 15) is 0 Å². The number of hydrogen-bond donors (Lipinski definition) is 0. The summed E-state index contributed by atoms with van der Waals surface area (Å²) in [4.78, 5) is 0. The molecule has 0 spiro atoms. The van der Waals surface area contributed by atoms with Gasteiger partial charge in [0.2, 0.25) is 0 Å². The lowest BCUT2D eigenvalue weighted by atomic mass is 10.1. The third-order valence-electron chi connectivity index (χ3n) is 6.00. The van der Waals surface area contributed by atoms with Crippen LogP contribution in [0.4, 0.5) is 0 Å². The number of hydrogen-bond acceptors (Lipinski definition) is 5. The van der Waals surface area contributed by atoms with Crippen molar-refractivity contribution >= 4 is 27.7 Å². The molecule has 32 heavy (non-hydrogen) atoms. The first-order chi connectivity index (χ1) is 15.6. The molecule has 0 aromatic heterocycles. The fraction of sp³-hybridized carbons (Fsp3) is 0.280. The number of aryl methyl sites for hydroxylation is 1. The largest absolute Gasteiger partial charge is 0.514 e. The average Bonchev–Trinajstić information content (AvgIpc) is 2.87. The molecule has 3 aromatic carbocycles. The van der Waals surface area contributed by atoms with E-state index < -0.39 is 17.4 Å². The number of benzene rings is 3. The molecule has 0 saturated carbocycles. The lowest BCUT2D eigenvalue weighted by Crippen LogP contribution is -2.66. The number of fused-ring (bicyclic) bond motifs is 1. The van der Waals surface area contributed by atoms with Gasteiger partial charge in [-0.2, -0.15) is 0 Å². The van der Waals surface area contributed by atoms with Crippen molar-refractivity contribution in [3.63, 3.8) is 0 Å². The summed E-state index contributed by atoms with van der Waals surface area (Å²) in [5.74, 6) is 0.911. The third kappa shape index (κ3) is 4.59. The fourth-order valence-electron chi connectivity index (χ4n) is 4.20. The van der Waals surface area contributed by atoms with Crippen molar-refractivity contribution in [3.05, 3.63) is 90.0 Å². The van der Waals surface area contributed by atoms with Crippen LogP contribution in [0, 0.1) is 0 Å². The van der Waals surface area contributed by atoms with Crippen molar-refractivity contribution in [1.29, 1.82) is 0 Å². The summed E-state index contributed by atoms with van der Waals surface area (Å²) in [5, 5.41) is 2.22. The lowest BCUT2D eigenvalue weighted by molar-refractivity contribution is 0.123. The van der Waals surface area contributed by atoms with Gasteiger partial charge in [0.25, 0.3) is 0 Å². The van der Waals surface area contributed by atoms with Crippen molar-refractivity contribution in [2.45, 2.75) is 25.5 Å². The standard InChI is InChI=1S/C25H30O5Si2/c1-26-31(27-2,28-3)18-10-11-21-16-17-25-22(19-21)20-29-32(30-25,23-12-6-4-7-13-23)24-14-8-5-9-15-24/h4-9,12-17,19H,10-11,18,20H2,1-3H3. The minimum atomic E-state index is -2.81. The Balaban J connectivity index is 1.55. The zero-order valence-electron chi connectivity index (χ0n) is 18.9. The molecular formula is C25H30O5Si2. The van der Waals surface area contributed by atoms with Gasteiger partial charge in [-0.05, 0) is 30.5 Å². The first-order valence-electron chi connectivity index (χ1n) is 10.9. The van der Waals surface area contributed by atoms with Crippen molar-refractivity contribution in [3.8, 4) is 5.75 Å². The van der Waals surface area contributed by atoms with Crippen LogP contribution in [0.25, 0.3) is 0 Å². The normalized spacial score (nSPS) is 15.1. The Bertz CT molecular complexity index is 962. The van der Waals surface area contributed by atoms with E-state index in [1.54, 1.807) is 21.3 Å². The van der Waals surface area contributed by atoms with Crippen LogP contribution in [0.3, 0.4) is 0 Å². The molecule has 4 rings (SSSR count). The second kappa shape index (κ2) is 10.1. The van der Waals surface area contributed by atoms with E-state index >= 15 is 0 Å². The SMILES string of the molecule is CO[Si](CCCc1ccc2c(c1)CO[Si](c1ccccc1)(c1ccccc1)O2)(OC)OC. The highest BCUT2D eigenvalue weighted by atomic mass is 28.4. The van der Waals surface area contributed by atoms with Gasteiger partial charge in [-0.3, -0.25) is 0 Å². The van der Waals surface area contributed by atoms with E-state index in [2.05, 4.69) is 42.5 Å². The molecule has 0 atom stereocenters. The third-order valence-corrected chi connectivity index (χ3v) is 12.1. The smallest absolute Gasteiger partial charge is 0.500 e. The van der Waals surface area contributed by atoms with Crippen molar-refractivity contribution < 1.29 is 22.1 Å². The van der Waals surface area contributed by atoms with Crippen LogP contribution >= 0.6 is 0 Å². The molecule has 0 saturated heterocycles. The van der Waals surface area contributed by atoms with E-state index in [4.69, 9.17) is 22.1 Å². The van der Waals surface area contributed by atoms with E-state index in [-0.39, 0.29) is 0 Å². The summed E-state index contributed by atoms with van der Waals surface area (Å²) in [6, 6.07) is 27.9. The second-order valence-electron chi connectivity index (χ2n) is 7.83. The summed E-state index contributed by atoms with van der Waals surface area (Å²) in [5.41, 5.74) is 2.34. The van der Waals surface area contributed by atoms with Crippen LogP contribution in [0.15, 0.2) is 78.9 Å². The van der Waals surface area contributed by atoms with Gasteiger partial charge in [0.1, 0.15) is 5.75 Å². The van der Waals surface area contributed by atoms with Crippen molar-refractivity contribution in [1.82, 2.24) is 0 Å². The molecule has 1 aliphatic rings. The quantitative estimate of drug-likeness (QED) is 0.451. The molecule has 0 unspecified atom stereocenters. The monoisotopic (exact) mass is 466 g/mol. The summed E-state index contributed by atoms with van der Waals surface area (Å²) in [7, 11) is -0.385. The Morgan fingerprint density at radius 1 is 0.812 bits per heavy atom. The molecule has 1 aliphatic heterocycles. The molecule has 5 nitrogen and oxygen atoms in total. The van der Waals surface area contributed by atoms with Crippen molar-refractivity contribution in [2.24, 2.45) is 0 Å². The Morgan fingerprint density at radius 2 is 1.41 bits per heavy atom. The lowest BCUT2D eigenvalue weighted by Gasteiger charge is -2.36. The topological polar surface area (TPSA) is 46.2 Å².